The Bertz CT molecular complexity index is 781. The molecule has 0 saturated carbocycles. The van der Waals surface area contributed by atoms with Crippen LogP contribution in [0.2, 0.25) is 0 Å². The smallest absolute Gasteiger partial charge is 0.259 e. The molecule has 7 heteroatoms. The summed E-state index contributed by atoms with van der Waals surface area (Å²) >= 11 is 0. The second kappa shape index (κ2) is 7.59. The van der Waals surface area contributed by atoms with Crippen LogP contribution in [0.4, 0.5) is 5.69 Å². The molecule has 0 aliphatic carbocycles. The molecule has 26 heavy (non-hydrogen) atoms. The van der Waals surface area contributed by atoms with Gasteiger partial charge in [-0.2, -0.15) is 4.98 Å². The van der Waals surface area contributed by atoms with E-state index in [2.05, 4.69) is 27.0 Å². The summed E-state index contributed by atoms with van der Waals surface area (Å²) in [5.74, 6) is 0.641. The highest BCUT2D eigenvalue weighted by molar-refractivity contribution is 5.96. The average Bonchev–Trinajstić information content (AvgIpc) is 2.66. The van der Waals surface area contributed by atoms with E-state index in [9.17, 15) is 4.79 Å². The summed E-state index contributed by atoms with van der Waals surface area (Å²) in [5.41, 5.74) is 3.63. The number of anilines is 1. The van der Waals surface area contributed by atoms with Gasteiger partial charge >= 0.3 is 0 Å². The molecule has 1 aliphatic rings. The lowest BCUT2D eigenvalue weighted by Gasteiger charge is -2.36. The van der Waals surface area contributed by atoms with Crippen molar-refractivity contribution in [1.82, 2.24) is 14.9 Å². The fourth-order valence-electron chi connectivity index (χ4n) is 3.19. The highest BCUT2D eigenvalue weighted by Crippen LogP contribution is 2.23. The molecular formula is C19H24N4O3. The van der Waals surface area contributed by atoms with Crippen LogP contribution in [-0.2, 0) is 0 Å². The highest BCUT2D eigenvalue weighted by atomic mass is 16.5. The maximum atomic E-state index is 12.9. The van der Waals surface area contributed by atoms with Crippen molar-refractivity contribution in [2.45, 2.75) is 13.8 Å². The van der Waals surface area contributed by atoms with E-state index in [4.69, 9.17) is 9.47 Å². The summed E-state index contributed by atoms with van der Waals surface area (Å²) in [6.07, 6.45) is 0. The number of carbonyl (C=O) groups is 1. The molecule has 2 aromatic heterocycles. The summed E-state index contributed by atoms with van der Waals surface area (Å²) in [6.45, 7) is 6.85. The Labute approximate surface area is 153 Å². The largest absolute Gasteiger partial charge is 0.481 e. The first kappa shape index (κ1) is 18.0. The second-order valence-electron chi connectivity index (χ2n) is 6.30. The molecule has 1 fully saturated rings. The van der Waals surface area contributed by atoms with Crippen molar-refractivity contribution in [3.8, 4) is 11.8 Å². The first-order valence-corrected chi connectivity index (χ1v) is 8.60. The molecule has 0 radical (unpaired) electrons. The monoisotopic (exact) mass is 356 g/mol. The van der Waals surface area contributed by atoms with Gasteiger partial charge in [0.1, 0.15) is 5.56 Å². The zero-order chi connectivity index (χ0) is 18.7. The SMILES string of the molecule is COc1ccc(C(=O)N2CCN(c3cc(C)nc(C)c3)CC2)c(OC)n1. The zero-order valence-electron chi connectivity index (χ0n) is 15.7. The van der Waals surface area contributed by atoms with Gasteiger partial charge in [-0.3, -0.25) is 9.78 Å². The van der Waals surface area contributed by atoms with Crippen molar-refractivity contribution in [3.63, 3.8) is 0 Å². The number of aromatic nitrogens is 2. The van der Waals surface area contributed by atoms with Crippen LogP contribution in [0.3, 0.4) is 0 Å². The third-order valence-corrected chi connectivity index (χ3v) is 4.47. The minimum absolute atomic E-state index is 0.0706. The van der Waals surface area contributed by atoms with Gasteiger partial charge in [0, 0.05) is 49.3 Å². The first-order chi connectivity index (χ1) is 12.5. The van der Waals surface area contributed by atoms with E-state index in [-0.39, 0.29) is 11.8 Å². The van der Waals surface area contributed by atoms with Crippen LogP contribution < -0.4 is 14.4 Å². The molecule has 1 saturated heterocycles. The molecule has 2 aromatic rings. The predicted molar refractivity (Wildman–Crippen MR) is 99.2 cm³/mol. The Morgan fingerprint density at radius 3 is 2.19 bits per heavy atom. The minimum atomic E-state index is -0.0706. The number of ether oxygens (including phenoxy) is 2. The zero-order valence-corrected chi connectivity index (χ0v) is 15.7. The molecule has 3 heterocycles. The van der Waals surface area contributed by atoms with E-state index in [0.29, 0.717) is 24.5 Å². The lowest BCUT2D eigenvalue weighted by atomic mass is 10.2. The van der Waals surface area contributed by atoms with Crippen molar-refractivity contribution in [1.29, 1.82) is 0 Å². The number of methoxy groups -OCH3 is 2. The molecule has 0 spiro atoms. The molecule has 0 aromatic carbocycles. The molecule has 0 N–H and O–H groups in total. The number of rotatable bonds is 4. The van der Waals surface area contributed by atoms with Crippen LogP contribution in [0.15, 0.2) is 24.3 Å². The molecule has 0 bridgehead atoms. The average molecular weight is 356 g/mol. The molecule has 0 unspecified atom stereocenters. The third kappa shape index (κ3) is 3.71. The maximum Gasteiger partial charge on any atom is 0.259 e. The second-order valence-corrected chi connectivity index (χ2v) is 6.30. The first-order valence-electron chi connectivity index (χ1n) is 8.60. The van der Waals surface area contributed by atoms with Gasteiger partial charge in [-0.25, -0.2) is 0 Å². The molecule has 0 atom stereocenters. The van der Waals surface area contributed by atoms with Crippen LogP contribution in [0, 0.1) is 13.8 Å². The van der Waals surface area contributed by atoms with Crippen molar-refractivity contribution in [2.75, 3.05) is 45.3 Å². The summed E-state index contributed by atoms with van der Waals surface area (Å²) in [5, 5.41) is 0. The summed E-state index contributed by atoms with van der Waals surface area (Å²) in [6, 6.07) is 7.55. The van der Waals surface area contributed by atoms with Gasteiger partial charge in [0.15, 0.2) is 0 Å². The van der Waals surface area contributed by atoms with E-state index in [0.717, 1.165) is 30.2 Å². The quantitative estimate of drug-likeness (QED) is 0.835. The van der Waals surface area contributed by atoms with E-state index >= 15 is 0 Å². The summed E-state index contributed by atoms with van der Waals surface area (Å²) < 4.78 is 10.4. The molecule has 7 nitrogen and oxygen atoms in total. The Balaban J connectivity index is 1.70. The molecule has 1 amide bonds. The number of nitrogens with zero attached hydrogens (tertiary/aromatic N) is 4. The number of carbonyl (C=O) groups excluding carboxylic acids is 1. The van der Waals surface area contributed by atoms with Crippen molar-refractivity contribution in [3.05, 3.63) is 41.2 Å². The lowest BCUT2D eigenvalue weighted by Crippen LogP contribution is -2.49. The standard InChI is InChI=1S/C19H24N4O3/c1-13-11-15(12-14(2)20-13)22-7-9-23(10-8-22)19(24)16-5-6-17(25-3)21-18(16)26-4/h5-6,11-12H,7-10H2,1-4H3. The topological polar surface area (TPSA) is 67.8 Å². The number of hydrogen-bond acceptors (Lipinski definition) is 6. The third-order valence-electron chi connectivity index (χ3n) is 4.47. The van der Waals surface area contributed by atoms with Gasteiger partial charge in [0.05, 0.1) is 14.2 Å². The lowest BCUT2D eigenvalue weighted by molar-refractivity contribution is 0.0742. The Morgan fingerprint density at radius 2 is 1.62 bits per heavy atom. The van der Waals surface area contributed by atoms with Crippen LogP contribution in [0.5, 0.6) is 11.8 Å². The highest BCUT2D eigenvalue weighted by Gasteiger charge is 2.25. The van der Waals surface area contributed by atoms with E-state index in [1.807, 2.05) is 18.7 Å². The van der Waals surface area contributed by atoms with E-state index in [1.54, 1.807) is 12.1 Å². The van der Waals surface area contributed by atoms with Crippen LogP contribution in [0.25, 0.3) is 0 Å². The maximum absolute atomic E-state index is 12.9. The minimum Gasteiger partial charge on any atom is -0.481 e. The Hall–Kier alpha value is -2.83. The Kier molecular flexibility index (Phi) is 5.25. The number of aryl methyl sites for hydroxylation is 2. The number of pyridine rings is 2. The summed E-state index contributed by atoms with van der Waals surface area (Å²) in [7, 11) is 3.04. The molecule has 1 aliphatic heterocycles. The van der Waals surface area contributed by atoms with Gasteiger partial charge in [0.2, 0.25) is 11.8 Å². The van der Waals surface area contributed by atoms with Gasteiger partial charge in [-0.15, -0.1) is 0 Å². The van der Waals surface area contributed by atoms with Gasteiger partial charge in [-0.1, -0.05) is 0 Å². The van der Waals surface area contributed by atoms with Crippen molar-refractivity contribution < 1.29 is 14.3 Å². The van der Waals surface area contributed by atoms with Gasteiger partial charge in [-0.05, 0) is 32.0 Å². The number of piperazine rings is 1. The number of amides is 1. The van der Waals surface area contributed by atoms with Crippen molar-refractivity contribution in [2.24, 2.45) is 0 Å². The molecular weight excluding hydrogens is 332 g/mol. The normalized spacial score (nSPS) is 14.3. The van der Waals surface area contributed by atoms with Gasteiger partial charge < -0.3 is 19.3 Å². The molecule has 3 rings (SSSR count). The summed E-state index contributed by atoms with van der Waals surface area (Å²) in [4.78, 5) is 25.6. The molecule has 138 valence electrons. The van der Waals surface area contributed by atoms with Crippen molar-refractivity contribution >= 4 is 11.6 Å². The Morgan fingerprint density at radius 1 is 0.962 bits per heavy atom. The number of hydrogen-bond donors (Lipinski definition) is 0. The van der Waals surface area contributed by atoms with Crippen LogP contribution in [-0.4, -0.2) is 61.2 Å². The van der Waals surface area contributed by atoms with Crippen LogP contribution >= 0.6 is 0 Å². The van der Waals surface area contributed by atoms with E-state index in [1.165, 1.54) is 14.2 Å². The fourth-order valence-corrected chi connectivity index (χ4v) is 3.19. The predicted octanol–water partition coefficient (Wildman–Crippen LogP) is 2.07. The van der Waals surface area contributed by atoms with Gasteiger partial charge in [0.25, 0.3) is 5.91 Å². The fraction of sp³-hybridized carbons (Fsp3) is 0.421. The van der Waals surface area contributed by atoms with E-state index < -0.39 is 0 Å². The van der Waals surface area contributed by atoms with Crippen LogP contribution in [0.1, 0.15) is 21.7 Å².